The molecule has 1 aliphatic heterocycles. The van der Waals surface area contributed by atoms with Crippen LogP contribution in [0.5, 0.6) is 0 Å². The van der Waals surface area contributed by atoms with E-state index in [9.17, 15) is 9.90 Å². The number of rotatable bonds is 3. The Balaban J connectivity index is 1.75. The number of piperidine rings is 1. The highest BCUT2D eigenvalue weighted by Gasteiger charge is 2.24. The maximum Gasteiger partial charge on any atom is 0.407 e. The molecule has 1 fully saturated rings. The second kappa shape index (κ2) is 6.37. The number of benzene rings is 1. The SMILES string of the molecule is O=C(N[C@@H]1CCNC[C@@H]1O)OCc1ccccc1. The number of ether oxygens (including phenoxy) is 1. The lowest BCUT2D eigenvalue weighted by molar-refractivity contribution is 0.0864. The summed E-state index contributed by atoms with van der Waals surface area (Å²) in [5.41, 5.74) is 0.943. The molecule has 1 aromatic carbocycles. The van der Waals surface area contributed by atoms with Crippen LogP contribution in [-0.4, -0.2) is 36.4 Å². The van der Waals surface area contributed by atoms with Crippen LogP contribution in [0.2, 0.25) is 0 Å². The van der Waals surface area contributed by atoms with Gasteiger partial charge in [-0.25, -0.2) is 4.79 Å². The fourth-order valence-electron chi connectivity index (χ4n) is 1.93. The molecule has 0 spiro atoms. The topological polar surface area (TPSA) is 70.6 Å². The Morgan fingerprint density at radius 3 is 2.94 bits per heavy atom. The van der Waals surface area contributed by atoms with Gasteiger partial charge in [0.15, 0.2) is 0 Å². The summed E-state index contributed by atoms with van der Waals surface area (Å²) in [7, 11) is 0. The third-order valence-electron chi connectivity index (χ3n) is 2.97. The molecule has 0 aromatic heterocycles. The molecule has 3 N–H and O–H groups in total. The summed E-state index contributed by atoms with van der Waals surface area (Å²) in [6, 6.07) is 9.27. The standard InChI is InChI=1S/C13H18N2O3/c16-12-8-14-7-6-11(12)15-13(17)18-9-10-4-2-1-3-5-10/h1-5,11-12,14,16H,6-9H2,(H,15,17)/t11-,12+/m1/s1. The van der Waals surface area contributed by atoms with E-state index in [0.29, 0.717) is 13.0 Å². The van der Waals surface area contributed by atoms with E-state index in [4.69, 9.17) is 4.74 Å². The lowest BCUT2D eigenvalue weighted by Gasteiger charge is -2.28. The Bertz CT molecular complexity index is 383. The molecule has 98 valence electrons. The van der Waals surface area contributed by atoms with Crippen LogP contribution in [0.15, 0.2) is 30.3 Å². The lowest BCUT2D eigenvalue weighted by Crippen LogP contribution is -2.52. The van der Waals surface area contributed by atoms with Gasteiger partial charge in [0.2, 0.25) is 0 Å². The van der Waals surface area contributed by atoms with Crippen LogP contribution in [0, 0.1) is 0 Å². The lowest BCUT2D eigenvalue weighted by atomic mass is 10.0. The summed E-state index contributed by atoms with van der Waals surface area (Å²) in [6.07, 6.45) is -0.324. The number of aliphatic hydroxyl groups is 1. The van der Waals surface area contributed by atoms with Crippen molar-refractivity contribution < 1.29 is 14.6 Å². The second-order valence-corrected chi connectivity index (χ2v) is 4.37. The minimum atomic E-state index is -0.553. The Hall–Kier alpha value is -1.59. The Morgan fingerprint density at radius 1 is 1.44 bits per heavy atom. The van der Waals surface area contributed by atoms with Crippen molar-refractivity contribution in [2.24, 2.45) is 0 Å². The summed E-state index contributed by atoms with van der Waals surface area (Å²) in [5, 5.41) is 15.4. The first kappa shape index (κ1) is 12.9. The van der Waals surface area contributed by atoms with Gasteiger partial charge in [0.25, 0.3) is 0 Å². The molecule has 1 heterocycles. The van der Waals surface area contributed by atoms with Crippen LogP contribution < -0.4 is 10.6 Å². The van der Waals surface area contributed by atoms with Gasteiger partial charge in [-0.05, 0) is 18.5 Å². The average Bonchev–Trinajstić information content (AvgIpc) is 2.40. The molecule has 0 aliphatic carbocycles. The molecule has 2 rings (SSSR count). The highest BCUT2D eigenvalue weighted by atomic mass is 16.5. The van der Waals surface area contributed by atoms with Crippen molar-refractivity contribution in [2.75, 3.05) is 13.1 Å². The summed E-state index contributed by atoms with van der Waals surface area (Å²) in [5.74, 6) is 0. The number of hydrogen-bond donors (Lipinski definition) is 3. The second-order valence-electron chi connectivity index (χ2n) is 4.37. The van der Waals surface area contributed by atoms with E-state index in [1.807, 2.05) is 30.3 Å². The van der Waals surface area contributed by atoms with Crippen molar-refractivity contribution in [3.63, 3.8) is 0 Å². The molecule has 1 aliphatic rings. The summed E-state index contributed by atoms with van der Waals surface area (Å²) in [6.45, 7) is 1.54. The number of carbonyl (C=O) groups is 1. The maximum atomic E-state index is 11.6. The van der Waals surface area contributed by atoms with Gasteiger partial charge >= 0.3 is 6.09 Å². The molecule has 0 saturated carbocycles. The molecule has 18 heavy (non-hydrogen) atoms. The molecule has 1 aromatic rings. The van der Waals surface area contributed by atoms with Gasteiger partial charge in [-0.15, -0.1) is 0 Å². The van der Waals surface area contributed by atoms with Crippen LogP contribution in [-0.2, 0) is 11.3 Å². The maximum absolute atomic E-state index is 11.6. The van der Waals surface area contributed by atoms with Gasteiger partial charge in [-0.1, -0.05) is 30.3 Å². The van der Waals surface area contributed by atoms with Crippen molar-refractivity contribution in [3.05, 3.63) is 35.9 Å². The summed E-state index contributed by atoms with van der Waals surface area (Å²) < 4.78 is 5.10. The zero-order chi connectivity index (χ0) is 12.8. The first-order valence-electron chi connectivity index (χ1n) is 6.11. The van der Waals surface area contributed by atoms with Gasteiger partial charge < -0.3 is 20.5 Å². The van der Waals surface area contributed by atoms with Gasteiger partial charge in [-0.3, -0.25) is 0 Å². The number of alkyl carbamates (subject to hydrolysis) is 1. The Kier molecular flexibility index (Phi) is 4.55. The normalized spacial score (nSPS) is 23.4. The quantitative estimate of drug-likeness (QED) is 0.736. The third kappa shape index (κ3) is 3.72. The largest absolute Gasteiger partial charge is 0.445 e. The number of amides is 1. The van der Waals surface area contributed by atoms with Crippen molar-refractivity contribution in [1.29, 1.82) is 0 Å². The molecule has 0 unspecified atom stereocenters. The van der Waals surface area contributed by atoms with E-state index in [0.717, 1.165) is 12.1 Å². The predicted octanol–water partition coefficient (Wildman–Crippen LogP) is 0.636. The molecule has 0 radical (unpaired) electrons. The fourth-order valence-corrected chi connectivity index (χ4v) is 1.93. The predicted molar refractivity (Wildman–Crippen MR) is 67.0 cm³/mol. The Morgan fingerprint density at radius 2 is 2.22 bits per heavy atom. The molecular weight excluding hydrogens is 232 g/mol. The van der Waals surface area contributed by atoms with Gasteiger partial charge in [0.1, 0.15) is 6.61 Å². The van der Waals surface area contributed by atoms with E-state index in [1.54, 1.807) is 0 Å². The third-order valence-corrected chi connectivity index (χ3v) is 2.97. The molecule has 1 saturated heterocycles. The first-order valence-corrected chi connectivity index (χ1v) is 6.11. The van der Waals surface area contributed by atoms with Crippen molar-refractivity contribution in [2.45, 2.75) is 25.2 Å². The van der Waals surface area contributed by atoms with Crippen LogP contribution in [0.3, 0.4) is 0 Å². The summed E-state index contributed by atoms with van der Waals surface area (Å²) in [4.78, 5) is 11.6. The molecular formula is C13H18N2O3. The molecule has 1 amide bonds. The van der Waals surface area contributed by atoms with E-state index in [-0.39, 0.29) is 12.6 Å². The van der Waals surface area contributed by atoms with Gasteiger partial charge in [0.05, 0.1) is 12.1 Å². The molecule has 2 atom stereocenters. The van der Waals surface area contributed by atoms with Crippen LogP contribution in [0.4, 0.5) is 4.79 Å². The number of nitrogens with one attached hydrogen (secondary N) is 2. The number of β-amino-alcohol motifs (C(OH)–C–C–N with tert-alkyl or cyclic N) is 1. The molecule has 5 nitrogen and oxygen atoms in total. The van der Waals surface area contributed by atoms with Crippen LogP contribution in [0.1, 0.15) is 12.0 Å². The average molecular weight is 250 g/mol. The molecule has 5 heteroatoms. The van der Waals surface area contributed by atoms with E-state index < -0.39 is 12.2 Å². The smallest absolute Gasteiger partial charge is 0.407 e. The van der Waals surface area contributed by atoms with Crippen LogP contribution in [0.25, 0.3) is 0 Å². The number of carbonyl (C=O) groups excluding carboxylic acids is 1. The van der Waals surface area contributed by atoms with Gasteiger partial charge in [0, 0.05) is 6.54 Å². The zero-order valence-corrected chi connectivity index (χ0v) is 10.1. The van der Waals surface area contributed by atoms with Crippen molar-refractivity contribution in [1.82, 2.24) is 10.6 Å². The number of hydrogen-bond acceptors (Lipinski definition) is 4. The van der Waals surface area contributed by atoms with Crippen molar-refractivity contribution >= 4 is 6.09 Å². The van der Waals surface area contributed by atoms with E-state index >= 15 is 0 Å². The number of aliphatic hydroxyl groups excluding tert-OH is 1. The first-order chi connectivity index (χ1) is 8.75. The highest BCUT2D eigenvalue weighted by Crippen LogP contribution is 2.05. The zero-order valence-electron chi connectivity index (χ0n) is 10.1. The minimum Gasteiger partial charge on any atom is -0.445 e. The van der Waals surface area contributed by atoms with E-state index in [2.05, 4.69) is 10.6 Å². The van der Waals surface area contributed by atoms with E-state index in [1.165, 1.54) is 0 Å². The van der Waals surface area contributed by atoms with Crippen molar-refractivity contribution in [3.8, 4) is 0 Å². The minimum absolute atomic E-state index is 0.227. The summed E-state index contributed by atoms with van der Waals surface area (Å²) >= 11 is 0. The monoisotopic (exact) mass is 250 g/mol. The molecule has 0 bridgehead atoms. The Labute approximate surface area is 106 Å². The van der Waals surface area contributed by atoms with Gasteiger partial charge in [-0.2, -0.15) is 0 Å². The van der Waals surface area contributed by atoms with Crippen LogP contribution >= 0.6 is 0 Å². The fraction of sp³-hybridized carbons (Fsp3) is 0.462. The highest BCUT2D eigenvalue weighted by molar-refractivity contribution is 5.67.